The van der Waals surface area contributed by atoms with E-state index in [1.54, 1.807) is 13.1 Å². The molecule has 0 amide bonds. The molecule has 1 aromatic carbocycles. The van der Waals surface area contributed by atoms with Gasteiger partial charge in [-0.2, -0.15) is 13.8 Å². The molecule has 222 valence electrons. The molecule has 16 heteroatoms. The Morgan fingerprint density at radius 1 is 1.23 bits per heavy atom. The summed E-state index contributed by atoms with van der Waals surface area (Å²) < 4.78 is 101. The third-order valence-corrected chi connectivity index (χ3v) is 13.2. The van der Waals surface area contributed by atoms with E-state index in [-0.39, 0.29) is 24.4 Å². The van der Waals surface area contributed by atoms with Crippen molar-refractivity contribution in [3.05, 3.63) is 58.1 Å². The molecular weight excluding hydrogens is 577 g/mol. The minimum absolute atomic E-state index is 0.123. The van der Waals surface area contributed by atoms with Gasteiger partial charge in [-0.15, -0.1) is 0 Å². The van der Waals surface area contributed by atoms with Gasteiger partial charge < -0.3 is 14.9 Å². The van der Waals surface area contributed by atoms with Crippen molar-refractivity contribution in [2.75, 3.05) is 18.9 Å². The normalized spacial score (nSPS) is 29.0. The minimum Gasteiger partial charge on any atom is -0.405 e. The summed E-state index contributed by atoms with van der Waals surface area (Å²) in [4.78, 5) is 15.9. The van der Waals surface area contributed by atoms with E-state index in [4.69, 9.17) is 28.5 Å². The van der Waals surface area contributed by atoms with Gasteiger partial charge in [-0.05, 0) is 41.9 Å². The van der Waals surface area contributed by atoms with Crippen LogP contribution in [0.1, 0.15) is 45.1 Å². The number of nitrogen functional groups attached to an aromatic ring is 1. The molecule has 0 saturated carbocycles. The van der Waals surface area contributed by atoms with E-state index in [0.717, 1.165) is 18.3 Å². The summed E-state index contributed by atoms with van der Waals surface area (Å²) >= 11 is 0. The lowest BCUT2D eigenvalue weighted by Crippen LogP contribution is -2.52. The van der Waals surface area contributed by atoms with E-state index < -0.39 is 75.6 Å². The molecule has 10 nitrogen and oxygen atoms in total. The predicted molar refractivity (Wildman–Crippen MR) is 138 cm³/mol. The van der Waals surface area contributed by atoms with Crippen LogP contribution < -0.4 is 11.4 Å². The summed E-state index contributed by atoms with van der Waals surface area (Å²) in [6.45, 7) is 8.30. The minimum atomic E-state index is -4.36. The van der Waals surface area contributed by atoms with Gasteiger partial charge in [0.25, 0.3) is 0 Å². The van der Waals surface area contributed by atoms with E-state index in [2.05, 4.69) is 4.98 Å². The average molecular weight is 610 g/mol. The summed E-state index contributed by atoms with van der Waals surface area (Å²) in [7, 11) is -7.20. The van der Waals surface area contributed by atoms with Gasteiger partial charge in [0.2, 0.25) is 6.23 Å². The van der Waals surface area contributed by atoms with Crippen molar-refractivity contribution in [1.82, 2.24) is 9.55 Å². The highest BCUT2D eigenvalue weighted by Gasteiger charge is 2.63. The van der Waals surface area contributed by atoms with Crippen LogP contribution >= 0.6 is 7.82 Å². The Labute approximate surface area is 229 Å². The number of alkyl halides is 2. The number of phosphoric acid groups is 1. The Balaban J connectivity index is 1.59. The molecule has 2 N–H and O–H groups in total. The number of aromatic nitrogens is 2. The Morgan fingerprint density at radius 2 is 1.93 bits per heavy atom. The molecule has 0 bridgehead atoms. The van der Waals surface area contributed by atoms with Crippen LogP contribution in [0.15, 0.2) is 35.3 Å². The van der Waals surface area contributed by atoms with Crippen LogP contribution in [0.25, 0.3) is 0 Å². The van der Waals surface area contributed by atoms with Crippen molar-refractivity contribution >= 4 is 22.0 Å². The lowest BCUT2D eigenvalue weighted by molar-refractivity contribution is -0.138. The maximum atomic E-state index is 15.9. The highest BCUT2D eigenvalue weighted by molar-refractivity contribution is 7.48. The number of phosphoric ester groups is 1. The quantitative estimate of drug-likeness (QED) is 0.252. The van der Waals surface area contributed by atoms with Gasteiger partial charge in [0.05, 0.1) is 19.3 Å². The largest absolute Gasteiger partial charge is 0.475 e. The molecule has 1 unspecified atom stereocenters. The van der Waals surface area contributed by atoms with Crippen LogP contribution in [-0.2, 0) is 27.3 Å². The van der Waals surface area contributed by atoms with E-state index in [9.17, 15) is 18.1 Å². The molecule has 40 heavy (non-hydrogen) atoms. The molecule has 1 aromatic heterocycles. The van der Waals surface area contributed by atoms with E-state index in [0.29, 0.717) is 4.57 Å². The molecule has 3 heterocycles. The van der Waals surface area contributed by atoms with Crippen molar-refractivity contribution in [3.63, 3.8) is 0 Å². The van der Waals surface area contributed by atoms with Gasteiger partial charge in [0, 0.05) is 12.6 Å². The van der Waals surface area contributed by atoms with E-state index in [1.807, 2.05) is 20.8 Å². The summed E-state index contributed by atoms with van der Waals surface area (Å²) in [5.74, 6) is -6.08. The molecule has 2 aliphatic heterocycles. The third kappa shape index (κ3) is 6.20. The van der Waals surface area contributed by atoms with Crippen LogP contribution in [0.5, 0.6) is 0 Å². The van der Waals surface area contributed by atoms with Crippen molar-refractivity contribution < 1.29 is 44.9 Å². The number of anilines is 1. The summed E-state index contributed by atoms with van der Waals surface area (Å²) in [6, 6.07) is 4.25. The number of nitrogens with zero attached hydrogens (tertiary/aromatic N) is 2. The number of halogens is 4. The van der Waals surface area contributed by atoms with Gasteiger partial charge in [-0.25, -0.2) is 18.1 Å². The number of benzene rings is 1. The molecule has 5 atom stereocenters. The molecule has 2 aliphatic rings. The fraction of sp³-hybridized carbons (Fsp3) is 0.583. The second-order valence-electron chi connectivity index (χ2n) is 11.2. The molecular formula is C24H32F4N3O7PSi. The second kappa shape index (κ2) is 10.9. The van der Waals surface area contributed by atoms with Crippen molar-refractivity contribution in [1.29, 1.82) is 0 Å². The highest BCUT2D eigenvalue weighted by atomic mass is 31.2. The van der Waals surface area contributed by atoms with Crippen LogP contribution in [0, 0.1) is 11.6 Å². The first kappa shape index (κ1) is 30.8. The van der Waals surface area contributed by atoms with Gasteiger partial charge in [-0.1, -0.05) is 26.8 Å². The molecule has 0 radical (unpaired) electrons. The molecule has 4 rings (SSSR count). The lowest BCUT2D eigenvalue weighted by Gasteiger charge is -2.40. The summed E-state index contributed by atoms with van der Waals surface area (Å²) in [5, 5.41) is -0.466. The zero-order valence-electron chi connectivity index (χ0n) is 22.6. The number of hydrogen-bond acceptors (Lipinski definition) is 9. The first-order chi connectivity index (χ1) is 18.4. The van der Waals surface area contributed by atoms with Crippen LogP contribution in [0.4, 0.5) is 23.4 Å². The standard InChI is InChI=1S/C24H32F4N3O7PSi/c1-23(2,3)40(4,5)38-20-18(36-21(24(20,27)28)31-10-8-19(29)30-22(31)32)13-35-39(33)34-11-9-17(37-39)14-6-7-15(25)16(26)12-14/h6-8,10,12,17-18,20-21H,9,11,13H2,1-5H3,(H2,29,30,32)/t17-,18-,20-,21-,39?/m1/s1. The summed E-state index contributed by atoms with van der Waals surface area (Å²) in [5.41, 5.74) is 4.64. The van der Waals surface area contributed by atoms with Gasteiger partial charge in [0.15, 0.2) is 20.0 Å². The number of rotatable bonds is 7. The fourth-order valence-corrected chi connectivity index (χ4v) is 6.72. The van der Waals surface area contributed by atoms with Crippen molar-refractivity contribution in [2.45, 2.75) is 75.8 Å². The van der Waals surface area contributed by atoms with E-state index in [1.165, 1.54) is 12.1 Å². The number of hydrogen-bond donors (Lipinski definition) is 1. The van der Waals surface area contributed by atoms with Gasteiger partial charge >= 0.3 is 19.4 Å². The van der Waals surface area contributed by atoms with Crippen molar-refractivity contribution in [3.8, 4) is 0 Å². The zero-order valence-corrected chi connectivity index (χ0v) is 24.5. The topological polar surface area (TPSA) is 124 Å². The maximum Gasteiger partial charge on any atom is 0.475 e. The van der Waals surface area contributed by atoms with Crippen LogP contribution in [-0.4, -0.2) is 49.2 Å². The van der Waals surface area contributed by atoms with Crippen LogP contribution in [0.3, 0.4) is 0 Å². The highest BCUT2D eigenvalue weighted by Crippen LogP contribution is 2.58. The average Bonchev–Trinajstić information content (AvgIpc) is 3.08. The predicted octanol–water partition coefficient (Wildman–Crippen LogP) is 5.33. The summed E-state index contributed by atoms with van der Waals surface area (Å²) in [6.07, 6.45) is -5.31. The maximum absolute atomic E-state index is 15.9. The molecule has 2 fully saturated rings. The Bertz CT molecular complexity index is 1360. The molecule has 2 aromatic rings. The Hall–Kier alpha value is -2.13. The molecule has 0 spiro atoms. The van der Waals surface area contributed by atoms with Crippen molar-refractivity contribution in [2.24, 2.45) is 0 Å². The Morgan fingerprint density at radius 3 is 2.55 bits per heavy atom. The van der Waals surface area contributed by atoms with Gasteiger partial charge in [-0.3, -0.25) is 18.1 Å². The number of nitrogens with two attached hydrogens (primary N) is 1. The first-order valence-corrected chi connectivity index (χ1v) is 16.9. The van der Waals surface area contributed by atoms with E-state index >= 15 is 8.78 Å². The monoisotopic (exact) mass is 609 g/mol. The lowest BCUT2D eigenvalue weighted by atomic mass is 10.1. The third-order valence-electron chi connectivity index (χ3n) is 7.28. The smallest absolute Gasteiger partial charge is 0.405 e. The molecule has 2 saturated heterocycles. The number of ether oxygens (including phenoxy) is 1. The molecule has 0 aliphatic carbocycles. The Kier molecular flexibility index (Phi) is 8.42. The zero-order chi connectivity index (χ0) is 29.7. The van der Waals surface area contributed by atoms with Crippen LogP contribution in [0.2, 0.25) is 18.1 Å². The fourth-order valence-electron chi connectivity index (χ4n) is 4.03. The SMILES string of the molecule is CC(C)(C)[Si](C)(C)O[C@@H]1[C@@H](COP2(=O)OCC[C@H](c3ccc(F)c(F)c3)O2)O[C@@H](n2ccc(N)nc2=O)C1(F)F. The van der Waals surface area contributed by atoms with Gasteiger partial charge in [0.1, 0.15) is 18.0 Å². The first-order valence-electron chi connectivity index (χ1n) is 12.5. The second-order valence-corrected chi connectivity index (χ2v) is 17.6.